The van der Waals surface area contributed by atoms with E-state index in [2.05, 4.69) is 24.1 Å². The van der Waals surface area contributed by atoms with Gasteiger partial charge in [0.2, 0.25) is 6.79 Å². The molecule has 0 radical (unpaired) electrons. The summed E-state index contributed by atoms with van der Waals surface area (Å²) in [5.74, 6) is 0.794. The summed E-state index contributed by atoms with van der Waals surface area (Å²) < 4.78 is 29.1. The molecule has 2 aromatic carbocycles. The Morgan fingerprint density at radius 1 is 0.974 bits per heavy atom. The summed E-state index contributed by atoms with van der Waals surface area (Å²) in [4.78, 5) is 21.5. The van der Waals surface area contributed by atoms with Gasteiger partial charge in [0.25, 0.3) is 0 Å². The van der Waals surface area contributed by atoms with Crippen LogP contribution in [0.25, 0.3) is 0 Å². The Balaban J connectivity index is 0.000000368. The van der Waals surface area contributed by atoms with Gasteiger partial charge in [0.15, 0.2) is 23.0 Å². The lowest BCUT2D eigenvalue weighted by atomic mass is 9.77. The first-order valence-electron chi connectivity index (χ1n) is 12.5. The maximum atomic E-state index is 9.55. The molecule has 1 atom stereocenters. The topological polar surface area (TPSA) is 124 Å². The molecule has 1 fully saturated rings. The van der Waals surface area contributed by atoms with Crippen LogP contribution in [0.1, 0.15) is 31.2 Å². The van der Waals surface area contributed by atoms with Crippen LogP contribution in [0.5, 0.6) is 23.0 Å². The normalized spacial score (nSPS) is 23.6. The fourth-order valence-electron chi connectivity index (χ4n) is 5.07. The maximum absolute atomic E-state index is 9.55. The van der Waals surface area contributed by atoms with Gasteiger partial charge in [0.1, 0.15) is 12.7 Å². The Bertz CT molecular complexity index is 1140. The number of ether oxygens (including phenoxy) is 5. The van der Waals surface area contributed by atoms with Gasteiger partial charge in [-0.2, -0.15) is 0 Å². The van der Waals surface area contributed by atoms with E-state index in [1.165, 1.54) is 5.56 Å². The zero-order valence-corrected chi connectivity index (χ0v) is 21.5. The van der Waals surface area contributed by atoms with Crippen molar-refractivity contribution in [3.05, 3.63) is 60.2 Å². The van der Waals surface area contributed by atoms with Gasteiger partial charge < -0.3 is 33.9 Å². The maximum Gasteiger partial charge on any atom is 0.328 e. The van der Waals surface area contributed by atoms with Crippen molar-refractivity contribution in [3.8, 4) is 23.0 Å². The quantitative estimate of drug-likeness (QED) is 0.515. The molecule has 0 amide bonds. The third kappa shape index (κ3) is 6.56. The number of carboxylic acids is 2. The molecule has 10 heteroatoms. The number of nitrogens with zero attached hydrogens (tertiary/aromatic N) is 1. The molecular formula is C28H33NO9. The van der Waals surface area contributed by atoms with Crippen molar-refractivity contribution in [1.29, 1.82) is 0 Å². The van der Waals surface area contributed by atoms with Gasteiger partial charge >= 0.3 is 11.9 Å². The SMILES string of the molecule is CO[C@]1(c2ccc3c(c2)OCO3)CC[C@H](N(C)CC2COc3ccccc3O2)CC1.O=C(O)/C=C/C(=O)O. The molecule has 3 aliphatic rings. The number of carbonyl (C=O) groups is 2. The zero-order chi connectivity index (χ0) is 27.1. The number of para-hydroxylation sites is 2. The number of hydrogen-bond acceptors (Lipinski definition) is 8. The standard InChI is InChI=1S/C24H29NO5.C4H4O4/c1-25(14-19-15-27-20-5-3-4-6-22(20)30-19)18-9-11-24(26-2,12-10-18)17-7-8-21-23(13-17)29-16-28-21;5-3(6)1-2-4(7)8/h3-8,13,18-19H,9-12,14-16H2,1-2H3;1-2H,(H,5,6)(H,7,8)/b;2-1+/t18-,19?,24+;. The zero-order valence-electron chi connectivity index (χ0n) is 21.5. The smallest absolute Gasteiger partial charge is 0.328 e. The number of methoxy groups -OCH3 is 1. The molecule has 2 N–H and O–H groups in total. The van der Waals surface area contributed by atoms with Gasteiger partial charge in [0, 0.05) is 31.8 Å². The lowest BCUT2D eigenvalue weighted by Crippen LogP contribution is -2.46. The van der Waals surface area contributed by atoms with Gasteiger partial charge in [-0.1, -0.05) is 18.2 Å². The molecule has 1 saturated carbocycles. The van der Waals surface area contributed by atoms with Crippen molar-refractivity contribution in [2.75, 3.05) is 34.1 Å². The summed E-state index contributed by atoms with van der Waals surface area (Å²) in [7, 11) is 4.01. The highest BCUT2D eigenvalue weighted by Crippen LogP contribution is 2.44. The van der Waals surface area contributed by atoms with Crippen LogP contribution in [0.3, 0.4) is 0 Å². The highest BCUT2D eigenvalue weighted by atomic mass is 16.7. The van der Waals surface area contributed by atoms with E-state index in [4.69, 9.17) is 33.9 Å². The van der Waals surface area contributed by atoms with E-state index in [0.29, 0.717) is 31.6 Å². The predicted molar refractivity (Wildman–Crippen MR) is 137 cm³/mol. The van der Waals surface area contributed by atoms with Crippen LogP contribution in [0.2, 0.25) is 0 Å². The summed E-state index contributed by atoms with van der Waals surface area (Å²) in [5, 5.41) is 15.6. The summed E-state index contributed by atoms with van der Waals surface area (Å²) in [6.07, 6.45) is 5.26. The number of hydrogen-bond donors (Lipinski definition) is 2. The Morgan fingerprint density at radius 2 is 1.61 bits per heavy atom. The average Bonchev–Trinajstić information content (AvgIpc) is 3.40. The van der Waals surface area contributed by atoms with E-state index >= 15 is 0 Å². The van der Waals surface area contributed by atoms with E-state index in [1.807, 2.05) is 37.4 Å². The molecule has 1 aliphatic carbocycles. The lowest BCUT2D eigenvalue weighted by molar-refractivity contribution is -0.134. The van der Waals surface area contributed by atoms with Crippen molar-refractivity contribution in [2.45, 2.75) is 43.4 Å². The first-order chi connectivity index (χ1) is 18.3. The van der Waals surface area contributed by atoms with Crippen molar-refractivity contribution >= 4 is 11.9 Å². The van der Waals surface area contributed by atoms with Crippen LogP contribution in [0.4, 0.5) is 0 Å². The average molecular weight is 528 g/mol. The van der Waals surface area contributed by atoms with Crippen molar-refractivity contribution in [1.82, 2.24) is 4.90 Å². The molecule has 0 spiro atoms. The molecule has 2 aromatic rings. The fourth-order valence-corrected chi connectivity index (χ4v) is 5.07. The van der Waals surface area contributed by atoms with Crippen molar-refractivity contribution < 1.29 is 43.5 Å². The molecule has 5 rings (SSSR count). The molecule has 38 heavy (non-hydrogen) atoms. The Kier molecular flexibility index (Phi) is 8.75. The number of fused-ring (bicyclic) bond motifs is 2. The Labute approximate surface area is 221 Å². The third-order valence-corrected chi connectivity index (χ3v) is 7.10. The van der Waals surface area contributed by atoms with Crippen LogP contribution in [-0.4, -0.2) is 73.3 Å². The van der Waals surface area contributed by atoms with Gasteiger partial charge in [-0.15, -0.1) is 0 Å². The fraction of sp³-hybridized carbons (Fsp3) is 0.429. The predicted octanol–water partition coefficient (Wildman–Crippen LogP) is 3.68. The minimum absolute atomic E-state index is 0.0490. The second-order valence-corrected chi connectivity index (χ2v) is 9.44. The molecule has 10 nitrogen and oxygen atoms in total. The van der Waals surface area contributed by atoms with E-state index in [0.717, 1.165) is 55.2 Å². The number of rotatable bonds is 7. The first-order valence-corrected chi connectivity index (χ1v) is 12.5. The summed E-state index contributed by atoms with van der Waals surface area (Å²) in [6.45, 7) is 1.74. The van der Waals surface area contributed by atoms with E-state index in [9.17, 15) is 9.59 Å². The molecule has 2 heterocycles. The molecule has 0 saturated heterocycles. The molecule has 1 unspecified atom stereocenters. The lowest BCUT2D eigenvalue weighted by Gasteiger charge is -2.43. The van der Waals surface area contributed by atoms with Crippen LogP contribution in [0.15, 0.2) is 54.6 Å². The molecule has 0 aromatic heterocycles. The molecule has 0 bridgehead atoms. The molecule has 204 valence electrons. The number of benzene rings is 2. The molecular weight excluding hydrogens is 494 g/mol. The second kappa shape index (κ2) is 12.2. The van der Waals surface area contributed by atoms with Gasteiger partial charge in [-0.05, 0) is 62.6 Å². The number of carboxylic acid groups (broad SMARTS) is 2. The van der Waals surface area contributed by atoms with Crippen LogP contribution >= 0.6 is 0 Å². The van der Waals surface area contributed by atoms with Crippen molar-refractivity contribution in [2.24, 2.45) is 0 Å². The van der Waals surface area contributed by atoms with E-state index < -0.39 is 11.9 Å². The number of aliphatic carboxylic acids is 2. The van der Waals surface area contributed by atoms with Gasteiger partial charge in [0.05, 0.1) is 5.60 Å². The van der Waals surface area contributed by atoms with Crippen LogP contribution in [-0.2, 0) is 19.9 Å². The second-order valence-electron chi connectivity index (χ2n) is 9.44. The summed E-state index contributed by atoms with van der Waals surface area (Å²) >= 11 is 0. The Morgan fingerprint density at radius 3 is 2.26 bits per heavy atom. The van der Waals surface area contributed by atoms with E-state index in [1.54, 1.807) is 0 Å². The number of likely N-dealkylation sites (N-methyl/N-ethyl adjacent to an activating group) is 1. The Hall–Kier alpha value is -3.76. The summed E-state index contributed by atoms with van der Waals surface area (Å²) in [6, 6.07) is 14.6. The van der Waals surface area contributed by atoms with Crippen LogP contribution < -0.4 is 18.9 Å². The third-order valence-electron chi connectivity index (χ3n) is 7.10. The molecule has 2 aliphatic heterocycles. The minimum Gasteiger partial charge on any atom is -0.486 e. The van der Waals surface area contributed by atoms with Gasteiger partial charge in [-0.25, -0.2) is 9.59 Å². The highest BCUT2D eigenvalue weighted by Gasteiger charge is 2.39. The summed E-state index contributed by atoms with van der Waals surface area (Å²) in [5.41, 5.74) is 0.915. The first kappa shape index (κ1) is 27.3. The van der Waals surface area contributed by atoms with Crippen LogP contribution in [0, 0.1) is 0 Å². The monoisotopic (exact) mass is 527 g/mol. The largest absolute Gasteiger partial charge is 0.486 e. The van der Waals surface area contributed by atoms with E-state index in [-0.39, 0.29) is 11.7 Å². The van der Waals surface area contributed by atoms with Crippen molar-refractivity contribution in [3.63, 3.8) is 0 Å². The minimum atomic E-state index is -1.26. The van der Waals surface area contributed by atoms with Gasteiger partial charge in [-0.3, -0.25) is 4.90 Å². The highest BCUT2D eigenvalue weighted by molar-refractivity contribution is 5.89.